The van der Waals surface area contributed by atoms with Crippen LogP contribution in [0.15, 0.2) is 30.3 Å². The molecule has 0 bridgehead atoms. The molecule has 1 aliphatic carbocycles. The van der Waals surface area contributed by atoms with Gasteiger partial charge >= 0.3 is 0 Å². The summed E-state index contributed by atoms with van der Waals surface area (Å²) in [5, 5.41) is 0. The zero-order valence-electron chi connectivity index (χ0n) is 9.15. The van der Waals surface area contributed by atoms with Crippen LogP contribution in [0.3, 0.4) is 0 Å². The second-order valence-electron chi connectivity index (χ2n) is 4.51. The van der Waals surface area contributed by atoms with Crippen molar-refractivity contribution >= 4 is 0 Å². The van der Waals surface area contributed by atoms with E-state index < -0.39 is 0 Å². The van der Waals surface area contributed by atoms with Crippen molar-refractivity contribution in [2.75, 3.05) is 0 Å². The van der Waals surface area contributed by atoms with Crippen molar-refractivity contribution in [2.45, 2.75) is 38.1 Å². The number of rotatable bonds is 3. The molecule has 2 rings (SSSR count). The molecule has 0 unspecified atom stereocenters. The number of hydrazine groups is 1. The molecule has 0 heterocycles. The van der Waals surface area contributed by atoms with Gasteiger partial charge < -0.3 is 0 Å². The van der Waals surface area contributed by atoms with Crippen LogP contribution >= 0.6 is 0 Å². The summed E-state index contributed by atoms with van der Waals surface area (Å²) in [6, 6.07) is 11.2. The van der Waals surface area contributed by atoms with Gasteiger partial charge in [0.2, 0.25) is 0 Å². The molecular formula is C13H20N2. The quantitative estimate of drug-likeness (QED) is 0.585. The molecule has 1 fully saturated rings. The number of nitrogens with two attached hydrogens (primary N) is 1. The van der Waals surface area contributed by atoms with Crippen molar-refractivity contribution < 1.29 is 0 Å². The second-order valence-corrected chi connectivity index (χ2v) is 4.51. The van der Waals surface area contributed by atoms with Gasteiger partial charge in [-0.05, 0) is 30.7 Å². The minimum atomic E-state index is 0.513. The number of hydrogen-bond acceptors (Lipinski definition) is 2. The van der Waals surface area contributed by atoms with E-state index >= 15 is 0 Å². The van der Waals surface area contributed by atoms with Gasteiger partial charge in [0.25, 0.3) is 0 Å². The minimum absolute atomic E-state index is 0.513. The van der Waals surface area contributed by atoms with Gasteiger partial charge in [-0.25, -0.2) is 0 Å². The highest BCUT2D eigenvalue weighted by molar-refractivity contribution is 5.15. The fourth-order valence-electron chi connectivity index (χ4n) is 2.59. The van der Waals surface area contributed by atoms with Gasteiger partial charge in [0.05, 0.1) is 0 Å². The van der Waals surface area contributed by atoms with Crippen LogP contribution < -0.4 is 11.3 Å². The molecule has 1 aromatic carbocycles. The molecule has 0 aromatic heterocycles. The normalized spacial score (nSPS) is 26.5. The summed E-state index contributed by atoms with van der Waals surface area (Å²) in [4.78, 5) is 0. The standard InChI is InChI=1S/C13H20N2/c14-15-13-9-5-4-8-12(13)10-11-6-2-1-3-7-11/h1-3,6-7,12-13,15H,4-5,8-10,14H2/t12-,13-/m0/s1. The van der Waals surface area contributed by atoms with Crippen molar-refractivity contribution in [2.24, 2.45) is 11.8 Å². The van der Waals surface area contributed by atoms with Gasteiger partial charge in [0, 0.05) is 6.04 Å². The molecule has 1 aliphatic rings. The zero-order valence-corrected chi connectivity index (χ0v) is 9.15. The Hall–Kier alpha value is -0.860. The van der Waals surface area contributed by atoms with Crippen molar-refractivity contribution in [3.05, 3.63) is 35.9 Å². The van der Waals surface area contributed by atoms with E-state index in [4.69, 9.17) is 5.84 Å². The summed E-state index contributed by atoms with van der Waals surface area (Å²) < 4.78 is 0. The predicted molar refractivity (Wildman–Crippen MR) is 63.2 cm³/mol. The summed E-state index contributed by atoms with van der Waals surface area (Å²) >= 11 is 0. The Morgan fingerprint density at radius 3 is 2.60 bits per heavy atom. The van der Waals surface area contributed by atoms with Crippen LogP contribution in [0.4, 0.5) is 0 Å². The molecule has 15 heavy (non-hydrogen) atoms. The van der Waals surface area contributed by atoms with Crippen molar-refractivity contribution in [1.82, 2.24) is 5.43 Å². The van der Waals surface area contributed by atoms with Gasteiger partial charge in [-0.1, -0.05) is 43.2 Å². The molecule has 3 N–H and O–H groups in total. The first-order valence-electron chi connectivity index (χ1n) is 5.90. The maximum atomic E-state index is 5.60. The molecule has 0 aliphatic heterocycles. The first-order chi connectivity index (χ1) is 7.40. The monoisotopic (exact) mass is 204 g/mol. The Morgan fingerprint density at radius 1 is 1.13 bits per heavy atom. The third-order valence-corrected chi connectivity index (χ3v) is 3.46. The topological polar surface area (TPSA) is 38.0 Å². The molecule has 1 aromatic rings. The lowest BCUT2D eigenvalue weighted by Crippen LogP contribution is -2.43. The zero-order chi connectivity index (χ0) is 10.5. The Labute approximate surface area is 91.8 Å². The molecule has 0 amide bonds. The van der Waals surface area contributed by atoms with E-state index in [0.29, 0.717) is 12.0 Å². The van der Waals surface area contributed by atoms with Crippen molar-refractivity contribution in [3.8, 4) is 0 Å². The first-order valence-corrected chi connectivity index (χ1v) is 5.90. The Kier molecular flexibility index (Phi) is 3.75. The number of nitrogens with one attached hydrogen (secondary N) is 1. The summed E-state index contributed by atoms with van der Waals surface area (Å²) in [6.07, 6.45) is 6.38. The van der Waals surface area contributed by atoms with Crippen molar-refractivity contribution in [1.29, 1.82) is 0 Å². The van der Waals surface area contributed by atoms with Crippen LogP contribution in [0.25, 0.3) is 0 Å². The maximum Gasteiger partial charge on any atom is 0.0241 e. The summed E-state index contributed by atoms with van der Waals surface area (Å²) in [5.74, 6) is 6.31. The van der Waals surface area contributed by atoms with E-state index in [1.54, 1.807) is 0 Å². The van der Waals surface area contributed by atoms with Crippen LogP contribution in [-0.4, -0.2) is 6.04 Å². The largest absolute Gasteiger partial charge is 0.271 e. The van der Waals surface area contributed by atoms with Crippen LogP contribution in [-0.2, 0) is 6.42 Å². The SMILES string of the molecule is NN[C@H]1CCCC[C@H]1Cc1ccccc1. The molecule has 0 spiro atoms. The van der Waals surface area contributed by atoms with Gasteiger partial charge in [-0.2, -0.15) is 0 Å². The minimum Gasteiger partial charge on any atom is -0.271 e. The van der Waals surface area contributed by atoms with E-state index in [-0.39, 0.29) is 0 Å². The lowest BCUT2D eigenvalue weighted by atomic mass is 9.81. The van der Waals surface area contributed by atoms with E-state index in [1.807, 2.05) is 0 Å². The molecule has 82 valence electrons. The highest BCUT2D eigenvalue weighted by Crippen LogP contribution is 2.26. The van der Waals surface area contributed by atoms with Gasteiger partial charge in [0.15, 0.2) is 0 Å². The smallest absolute Gasteiger partial charge is 0.0241 e. The average molecular weight is 204 g/mol. The van der Waals surface area contributed by atoms with E-state index in [9.17, 15) is 0 Å². The van der Waals surface area contributed by atoms with Gasteiger partial charge in [-0.3, -0.25) is 11.3 Å². The summed E-state index contributed by atoms with van der Waals surface area (Å²) in [5.41, 5.74) is 4.41. The molecular weight excluding hydrogens is 184 g/mol. The van der Waals surface area contributed by atoms with Crippen molar-refractivity contribution in [3.63, 3.8) is 0 Å². The third-order valence-electron chi connectivity index (χ3n) is 3.46. The fourth-order valence-corrected chi connectivity index (χ4v) is 2.59. The number of hydrogen-bond donors (Lipinski definition) is 2. The molecule has 1 saturated carbocycles. The Balaban J connectivity index is 1.97. The summed E-state index contributed by atoms with van der Waals surface area (Å²) in [6.45, 7) is 0. The predicted octanol–water partition coefficient (Wildman–Crippen LogP) is 2.25. The average Bonchev–Trinajstić information content (AvgIpc) is 2.31. The number of benzene rings is 1. The Morgan fingerprint density at radius 2 is 1.87 bits per heavy atom. The maximum absolute atomic E-state index is 5.60. The highest BCUT2D eigenvalue weighted by Gasteiger charge is 2.23. The third kappa shape index (κ3) is 2.80. The lowest BCUT2D eigenvalue weighted by Gasteiger charge is -2.31. The molecule has 0 radical (unpaired) electrons. The molecule has 2 heteroatoms. The first kappa shape index (κ1) is 10.7. The lowest BCUT2D eigenvalue weighted by molar-refractivity contribution is 0.263. The van der Waals surface area contributed by atoms with Gasteiger partial charge in [-0.15, -0.1) is 0 Å². The van der Waals surface area contributed by atoms with Gasteiger partial charge in [0.1, 0.15) is 0 Å². The van der Waals surface area contributed by atoms with E-state index in [1.165, 1.54) is 31.2 Å². The highest BCUT2D eigenvalue weighted by atomic mass is 15.2. The van der Waals surface area contributed by atoms with E-state index in [2.05, 4.69) is 35.8 Å². The second kappa shape index (κ2) is 5.29. The van der Waals surface area contributed by atoms with Crippen LogP contribution in [0.5, 0.6) is 0 Å². The Bertz CT molecular complexity index is 284. The molecule has 2 nitrogen and oxygen atoms in total. The molecule has 0 saturated heterocycles. The fraction of sp³-hybridized carbons (Fsp3) is 0.538. The van der Waals surface area contributed by atoms with Crippen LogP contribution in [0, 0.1) is 5.92 Å². The molecule has 2 atom stereocenters. The summed E-state index contributed by atoms with van der Waals surface area (Å²) in [7, 11) is 0. The van der Waals surface area contributed by atoms with Crippen LogP contribution in [0.1, 0.15) is 31.2 Å². The van der Waals surface area contributed by atoms with Crippen LogP contribution in [0.2, 0.25) is 0 Å². The van der Waals surface area contributed by atoms with E-state index in [0.717, 1.165) is 6.42 Å².